The first kappa shape index (κ1) is 14.0. The van der Waals surface area contributed by atoms with Gasteiger partial charge in [0.2, 0.25) is 0 Å². The van der Waals surface area contributed by atoms with Crippen molar-refractivity contribution in [3.05, 3.63) is 42.1 Å². The summed E-state index contributed by atoms with van der Waals surface area (Å²) in [5.41, 5.74) is 2.76. The number of nitrogens with zero attached hydrogens (tertiary/aromatic N) is 1. The van der Waals surface area contributed by atoms with Crippen LogP contribution in [0.5, 0.6) is 0 Å². The molecule has 1 aromatic carbocycles. The van der Waals surface area contributed by atoms with Crippen LogP contribution in [0.1, 0.15) is 32.4 Å². The molecule has 2 aromatic heterocycles. The van der Waals surface area contributed by atoms with Crippen molar-refractivity contribution in [2.24, 2.45) is 0 Å². The molecule has 21 heavy (non-hydrogen) atoms. The minimum atomic E-state index is -0.561. The van der Waals surface area contributed by atoms with E-state index in [1.54, 1.807) is 6.20 Å². The molecule has 0 amide bonds. The average molecular weight is 283 g/mol. The second kappa shape index (κ2) is 5.13. The van der Waals surface area contributed by atoms with Gasteiger partial charge in [-0.3, -0.25) is 0 Å². The Bertz CT molecular complexity index is 770. The second-order valence-corrected chi connectivity index (χ2v) is 6.44. The molecular weight excluding hydrogens is 262 g/mol. The van der Waals surface area contributed by atoms with Gasteiger partial charge < -0.3 is 15.4 Å². The summed E-state index contributed by atoms with van der Waals surface area (Å²) < 4.78 is 0. The fourth-order valence-corrected chi connectivity index (χ4v) is 2.58. The van der Waals surface area contributed by atoms with E-state index < -0.39 is 6.10 Å². The van der Waals surface area contributed by atoms with Crippen molar-refractivity contribution in [1.82, 2.24) is 15.3 Å². The van der Waals surface area contributed by atoms with E-state index in [2.05, 4.69) is 42.1 Å². The number of benzene rings is 1. The summed E-state index contributed by atoms with van der Waals surface area (Å²) in [5.74, 6) is 0. The maximum atomic E-state index is 10.6. The highest BCUT2D eigenvalue weighted by Crippen LogP contribution is 2.30. The van der Waals surface area contributed by atoms with Gasteiger partial charge in [0.1, 0.15) is 5.65 Å². The van der Waals surface area contributed by atoms with Gasteiger partial charge in [0.25, 0.3) is 0 Å². The molecule has 0 radical (unpaired) electrons. The quantitative estimate of drug-likeness (QED) is 0.692. The van der Waals surface area contributed by atoms with E-state index in [0.717, 1.165) is 27.5 Å². The van der Waals surface area contributed by atoms with Gasteiger partial charge in [-0.25, -0.2) is 4.98 Å². The fraction of sp³-hybridized carbons (Fsp3) is 0.353. The van der Waals surface area contributed by atoms with Gasteiger partial charge in [-0.2, -0.15) is 0 Å². The number of para-hydroxylation sites is 1. The predicted octanol–water partition coefficient (Wildman–Crippen LogP) is 3.14. The molecule has 3 N–H and O–H groups in total. The van der Waals surface area contributed by atoms with E-state index in [9.17, 15) is 5.11 Å². The number of aromatic amines is 1. The topological polar surface area (TPSA) is 60.9 Å². The van der Waals surface area contributed by atoms with Crippen LogP contribution < -0.4 is 5.32 Å². The zero-order valence-electron chi connectivity index (χ0n) is 12.6. The monoisotopic (exact) mass is 283 g/mol. The van der Waals surface area contributed by atoms with Crippen molar-refractivity contribution in [2.75, 3.05) is 6.54 Å². The Morgan fingerprint density at radius 2 is 2.00 bits per heavy atom. The first-order chi connectivity index (χ1) is 9.96. The van der Waals surface area contributed by atoms with Gasteiger partial charge in [-0.05, 0) is 38.5 Å². The Hall–Kier alpha value is -1.91. The average Bonchev–Trinajstić information content (AvgIpc) is 2.82. The van der Waals surface area contributed by atoms with Crippen molar-refractivity contribution in [2.45, 2.75) is 32.4 Å². The van der Waals surface area contributed by atoms with Crippen molar-refractivity contribution in [3.8, 4) is 0 Å². The van der Waals surface area contributed by atoms with Crippen LogP contribution in [0.4, 0.5) is 0 Å². The predicted molar refractivity (Wildman–Crippen MR) is 86.3 cm³/mol. The van der Waals surface area contributed by atoms with Gasteiger partial charge in [-0.15, -0.1) is 0 Å². The number of β-amino-alcohol motifs (C(OH)–C–C–N with tert-alkyl or cyclic N) is 1. The number of aliphatic hydroxyl groups excluding tert-OH is 1. The molecule has 0 fully saturated rings. The van der Waals surface area contributed by atoms with Gasteiger partial charge >= 0.3 is 0 Å². The summed E-state index contributed by atoms with van der Waals surface area (Å²) in [6, 6.07) is 9.99. The molecule has 3 aromatic rings. The number of fused-ring (bicyclic) bond motifs is 3. The van der Waals surface area contributed by atoms with Crippen LogP contribution in [0.2, 0.25) is 0 Å². The van der Waals surface area contributed by atoms with Crippen LogP contribution in [-0.2, 0) is 0 Å². The van der Waals surface area contributed by atoms with Crippen molar-refractivity contribution in [3.63, 3.8) is 0 Å². The third kappa shape index (κ3) is 2.77. The summed E-state index contributed by atoms with van der Waals surface area (Å²) >= 11 is 0. The van der Waals surface area contributed by atoms with Crippen LogP contribution in [0.25, 0.3) is 21.9 Å². The number of nitrogens with one attached hydrogen (secondary N) is 2. The van der Waals surface area contributed by atoms with Gasteiger partial charge in [0.15, 0.2) is 0 Å². The first-order valence-electron chi connectivity index (χ1n) is 7.24. The van der Waals surface area contributed by atoms with Crippen molar-refractivity contribution < 1.29 is 5.11 Å². The van der Waals surface area contributed by atoms with Gasteiger partial charge in [0, 0.05) is 34.6 Å². The summed E-state index contributed by atoms with van der Waals surface area (Å²) in [7, 11) is 0. The standard InChI is InChI=1S/C17H21N3O/c1-17(2,3)19-10-14(21)12-8-9-18-16-15(12)11-6-4-5-7-13(11)20-16/h4-9,14,19,21H,10H2,1-3H3,(H,18,20)/t14-/m0/s1. The smallest absolute Gasteiger partial charge is 0.138 e. The largest absolute Gasteiger partial charge is 0.387 e. The minimum absolute atomic E-state index is 0.0205. The van der Waals surface area contributed by atoms with Crippen molar-refractivity contribution >= 4 is 21.9 Å². The van der Waals surface area contributed by atoms with Gasteiger partial charge in [0.05, 0.1) is 6.10 Å². The summed E-state index contributed by atoms with van der Waals surface area (Å²) in [4.78, 5) is 7.69. The lowest BCUT2D eigenvalue weighted by Gasteiger charge is -2.23. The van der Waals surface area contributed by atoms with Gasteiger partial charge in [-0.1, -0.05) is 18.2 Å². The number of H-pyrrole nitrogens is 1. The molecule has 0 bridgehead atoms. The molecule has 1 atom stereocenters. The van der Waals surface area contributed by atoms with E-state index in [-0.39, 0.29) is 5.54 Å². The summed E-state index contributed by atoms with van der Waals surface area (Å²) in [6.07, 6.45) is 1.18. The first-order valence-corrected chi connectivity index (χ1v) is 7.24. The maximum absolute atomic E-state index is 10.6. The zero-order chi connectivity index (χ0) is 15.0. The number of aliphatic hydroxyl groups is 1. The molecule has 3 rings (SSSR count). The Morgan fingerprint density at radius 1 is 1.24 bits per heavy atom. The number of hydrogen-bond acceptors (Lipinski definition) is 3. The summed E-state index contributed by atoms with van der Waals surface area (Å²) in [5, 5.41) is 16.0. The molecular formula is C17H21N3O. The highest BCUT2D eigenvalue weighted by molar-refractivity contribution is 6.07. The SMILES string of the molecule is CC(C)(C)NC[C@H](O)c1ccnc2[nH]c3ccccc3c12. The molecule has 0 aliphatic carbocycles. The molecule has 4 heteroatoms. The number of rotatable bonds is 3. The Labute approximate surface area is 124 Å². The van der Waals surface area contributed by atoms with Crippen LogP contribution in [0.3, 0.4) is 0 Å². The lowest BCUT2D eigenvalue weighted by Crippen LogP contribution is -2.38. The molecule has 2 heterocycles. The second-order valence-electron chi connectivity index (χ2n) is 6.44. The third-order valence-corrected chi connectivity index (χ3v) is 3.62. The van der Waals surface area contributed by atoms with E-state index in [1.165, 1.54) is 0 Å². The molecule has 110 valence electrons. The van der Waals surface area contributed by atoms with E-state index in [1.807, 2.05) is 24.3 Å². The highest BCUT2D eigenvalue weighted by Gasteiger charge is 2.18. The van der Waals surface area contributed by atoms with E-state index in [4.69, 9.17) is 0 Å². The number of pyridine rings is 1. The molecule has 0 unspecified atom stereocenters. The van der Waals surface area contributed by atoms with Crippen molar-refractivity contribution in [1.29, 1.82) is 0 Å². The summed E-state index contributed by atoms with van der Waals surface area (Å²) in [6.45, 7) is 6.79. The molecule has 4 nitrogen and oxygen atoms in total. The van der Waals surface area contributed by atoms with E-state index >= 15 is 0 Å². The Morgan fingerprint density at radius 3 is 2.76 bits per heavy atom. The maximum Gasteiger partial charge on any atom is 0.138 e. The normalized spacial score (nSPS) is 13.9. The molecule has 0 aliphatic rings. The molecule has 0 spiro atoms. The minimum Gasteiger partial charge on any atom is -0.387 e. The zero-order valence-corrected chi connectivity index (χ0v) is 12.6. The van der Waals surface area contributed by atoms with Crippen LogP contribution in [0, 0.1) is 0 Å². The third-order valence-electron chi connectivity index (χ3n) is 3.62. The highest BCUT2D eigenvalue weighted by atomic mass is 16.3. The number of aromatic nitrogens is 2. The van der Waals surface area contributed by atoms with E-state index in [0.29, 0.717) is 6.54 Å². The fourth-order valence-electron chi connectivity index (χ4n) is 2.58. The molecule has 0 saturated heterocycles. The van der Waals surface area contributed by atoms with Crippen LogP contribution >= 0.6 is 0 Å². The van der Waals surface area contributed by atoms with Crippen LogP contribution in [-0.4, -0.2) is 27.2 Å². The van der Waals surface area contributed by atoms with Crippen LogP contribution in [0.15, 0.2) is 36.5 Å². The Kier molecular flexibility index (Phi) is 3.43. The lowest BCUT2D eigenvalue weighted by molar-refractivity contribution is 0.164. The lowest BCUT2D eigenvalue weighted by atomic mass is 10.0. The molecule has 0 saturated carbocycles. The number of hydrogen-bond donors (Lipinski definition) is 3. The molecule has 0 aliphatic heterocycles. The Balaban J connectivity index is 2.05.